The summed E-state index contributed by atoms with van der Waals surface area (Å²) in [5.74, 6) is -0.882. The highest BCUT2D eigenvalue weighted by molar-refractivity contribution is 4.79. The van der Waals surface area contributed by atoms with Crippen molar-refractivity contribution >= 4 is 0 Å². The molecule has 1 aliphatic carbocycles. The first-order valence-electron chi connectivity index (χ1n) is 7.02. The highest BCUT2D eigenvalue weighted by Crippen LogP contribution is 2.39. The fraction of sp³-hybridized carbons (Fsp3) is 1.00. The highest BCUT2D eigenvalue weighted by atomic mass is 19.4. The molecule has 0 aromatic heterocycles. The van der Waals surface area contributed by atoms with Crippen molar-refractivity contribution in [3.63, 3.8) is 0 Å². The van der Waals surface area contributed by atoms with Crippen LogP contribution in [0.2, 0.25) is 0 Å². The van der Waals surface area contributed by atoms with Crippen LogP contribution in [0, 0.1) is 11.8 Å². The van der Waals surface area contributed by atoms with Gasteiger partial charge in [-0.2, -0.15) is 13.2 Å². The van der Waals surface area contributed by atoms with Crippen LogP contribution in [0.1, 0.15) is 39.0 Å². The van der Waals surface area contributed by atoms with Gasteiger partial charge in [0, 0.05) is 13.1 Å². The van der Waals surface area contributed by atoms with Crippen LogP contribution in [0.15, 0.2) is 0 Å². The minimum absolute atomic E-state index is 0.191. The number of hydrogen-bond acceptors (Lipinski definition) is 2. The van der Waals surface area contributed by atoms with Gasteiger partial charge in [0.1, 0.15) is 0 Å². The minimum Gasteiger partial charge on any atom is -0.315 e. The van der Waals surface area contributed by atoms with Gasteiger partial charge >= 0.3 is 6.18 Å². The van der Waals surface area contributed by atoms with Crippen molar-refractivity contribution in [2.75, 3.05) is 26.2 Å². The molecule has 18 heavy (non-hydrogen) atoms. The molecule has 1 aliphatic rings. The van der Waals surface area contributed by atoms with Gasteiger partial charge < -0.3 is 10.6 Å². The van der Waals surface area contributed by atoms with Crippen LogP contribution >= 0.6 is 0 Å². The number of alkyl halides is 3. The molecule has 1 saturated carbocycles. The van der Waals surface area contributed by atoms with Crippen LogP contribution in [0.4, 0.5) is 13.2 Å². The fourth-order valence-corrected chi connectivity index (χ4v) is 2.56. The highest BCUT2D eigenvalue weighted by Gasteiger charge is 2.41. The van der Waals surface area contributed by atoms with Gasteiger partial charge in [-0.3, -0.25) is 0 Å². The molecule has 2 unspecified atom stereocenters. The summed E-state index contributed by atoms with van der Waals surface area (Å²) in [6, 6.07) is 0. The summed E-state index contributed by atoms with van der Waals surface area (Å²) in [4.78, 5) is 0. The maximum atomic E-state index is 12.6. The van der Waals surface area contributed by atoms with E-state index in [1.165, 1.54) is 0 Å². The molecule has 1 rings (SSSR count). The Labute approximate surface area is 108 Å². The summed E-state index contributed by atoms with van der Waals surface area (Å²) in [7, 11) is 0. The number of rotatable bonds is 7. The second-order valence-electron chi connectivity index (χ2n) is 5.23. The van der Waals surface area contributed by atoms with Crippen molar-refractivity contribution in [1.29, 1.82) is 0 Å². The van der Waals surface area contributed by atoms with E-state index in [0.717, 1.165) is 39.0 Å². The number of nitrogens with one attached hydrogen (secondary N) is 2. The zero-order chi connectivity index (χ0) is 13.4. The molecule has 0 spiro atoms. The largest absolute Gasteiger partial charge is 0.391 e. The lowest BCUT2D eigenvalue weighted by Crippen LogP contribution is -2.35. The Balaban J connectivity index is 2.11. The lowest BCUT2D eigenvalue weighted by molar-refractivity contribution is -0.185. The maximum Gasteiger partial charge on any atom is 0.391 e. The quantitative estimate of drug-likeness (QED) is 0.692. The summed E-state index contributed by atoms with van der Waals surface area (Å²) in [5, 5.41) is 6.52. The summed E-state index contributed by atoms with van der Waals surface area (Å²) in [6.45, 7) is 5.57. The van der Waals surface area contributed by atoms with Gasteiger partial charge in [0.25, 0.3) is 0 Å². The second-order valence-corrected chi connectivity index (χ2v) is 5.23. The van der Waals surface area contributed by atoms with Crippen molar-refractivity contribution < 1.29 is 13.2 Å². The van der Waals surface area contributed by atoms with Crippen LogP contribution in [-0.4, -0.2) is 32.4 Å². The Morgan fingerprint density at radius 3 is 2.44 bits per heavy atom. The van der Waals surface area contributed by atoms with E-state index in [4.69, 9.17) is 0 Å². The third kappa shape index (κ3) is 6.05. The first-order valence-corrected chi connectivity index (χ1v) is 7.02. The monoisotopic (exact) mass is 266 g/mol. The minimum atomic E-state index is -4.00. The van der Waals surface area contributed by atoms with Crippen molar-refractivity contribution in [3.05, 3.63) is 0 Å². The van der Waals surface area contributed by atoms with E-state index < -0.39 is 12.1 Å². The molecular weight excluding hydrogens is 241 g/mol. The van der Waals surface area contributed by atoms with E-state index in [2.05, 4.69) is 17.6 Å². The average Bonchev–Trinajstić information content (AvgIpc) is 2.33. The summed E-state index contributed by atoms with van der Waals surface area (Å²) < 4.78 is 37.8. The Morgan fingerprint density at radius 2 is 1.78 bits per heavy atom. The van der Waals surface area contributed by atoms with Gasteiger partial charge in [0.2, 0.25) is 0 Å². The van der Waals surface area contributed by atoms with Gasteiger partial charge in [-0.25, -0.2) is 0 Å². The zero-order valence-electron chi connectivity index (χ0n) is 11.2. The molecule has 0 radical (unpaired) electrons. The lowest BCUT2D eigenvalue weighted by Gasteiger charge is -2.30. The van der Waals surface area contributed by atoms with Crippen molar-refractivity contribution in [3.8, 4) is 0 Å². The van der Waals surface area contributed by atoms with E-state index in [-0.39, 0.29) is 5.92 Å². The molecule has 108 valence electrons. The predicted molar refractivity (Wildman–Crippen MR) is 67.5 cm³/mol. The van der Waals surface area contributed by atoms with E-state index in [1.54, 1.807) is 0 Å². The van der Waals surface area contributed by atoms with Gasteiger partial charge in [0.05, 0.1) is 5.92 Å². The standard InChI is InChI=1S/C13H25F3N2/c1-2-6-17-7-8-18-10-11-4-3-5-12(9-11)13(14,15)16/h11-12,17-18H,2-10H2,1H3. The van der Waals surface area contributed by atoms with Crippen molar-refractivity contribution in [1.82, 2.24) is 10.6 Å². The SMILES string of the molecule is CCCNCCNCC1CCCC(C(F)(F)F)C1. The average molecular weight is 266 g/mol. The Bertz CT molecular complexity index is 219. The summed E-state index contributed by atoms with van der Waals surface area (Å²) in [5.41, 5.74) is 0. The molecule has 1 fully saturated rings. The predicted octanol–water partition coefficient (Wildman–Crippen LogP) is 2.94. The molecule has 2 nitrogen and oxygen atoms in total. The zero-order valence-corrected chi connectivity index (χ0v) is 11.2. The molecule has 0 aromatic carbocycles. The molecule has 5 heteroatoms. The third-order valence-corrected chi connectivity index (χ3v) is 3.58. The maximum absolute atomic E-state index is 12.6. The molecule has 0 heterocycles. The van der Waals surface area contributed by atoms with Crippen LogP contribution in [0.3, 0.4) is 0 Å². The molecule has 2 atom stereocenters. The Kier molecular flexibility index (Phi) is 7.00. The van der Waals surface area contributed by atoms with E-state index >= 15 is 0 Å². The van der Waals surface area contributed by atoms with Crippen LogP contribution < -0.4 is 10.6 Å². The van der Waals surface area contributed by atoms with Crippen molar-refractivity contribution in [2.45, 2.75) is 45.2 Å². The Hall–Kier alpha value is -0.290. The van der Waals surface area contributed by atoms with Crippen molar-refractivity contribution in [2.24, 2.45) is 11.8 Å². The molecule has 0 aromatic rings. The molecule has 0 aliphatic heterocycles. The summed E-state index contributed by atoms with van der Waals surface area (Å²) in [6.07, 6.45) is -0.624. The normalized spacial score (nSPS) is 25.3. The fourth-order valence-electron chi connectivity index (χ4n) is 2.56. The van der Waals surface area contributed by atoms with Gasteiger partial charge in [-0.15, -0.1) is 0 Å². The van der Waals surface area contributed by atoms with E-state index in [1.807, 2.05) is 0 Å². The lowest BCUT2D eigenvalue weighted by atomic mass is 9.81. The van der Waals surface area contributed by atoms with Crippen LogP contribution in [-0.2, 0) is 0 Å². The van der Waals surface area contributed by atoms with Gasteiger partial charge in [-0.05, 0) is 44.7 Å². The molecule has 2 N–H and O–H groups in total. The van der Waals surface area contributed by atoms with Gasteiger partial charge in [0.15, 0.2) is 0 Å². The molecule has 0 bridgehead atoms. The van der Waals surface area contributed by atoms with Gasteiger partial charge in [-0.1, -0.05) is 13.3 Å². The molecule has 0 amide bonds. The number of halogens is 3. The van der Waals surface area contributed by atoms with Crippen LogP contribution in [0.5, 0.6) is 0 Å². The summed E-state index contributed by atoms with van der Waals surface area (Å²) >= 11 is 0. The third-order valence-electron chi connectivity index (χ3n) is 3.58. The molecule has 0 saturated heterocycles. The Morgan fingerprint density at radius 1 is 1.06 bits per heavy atom. The molecular formula is C13H25F3N2. The van der Waals surface area contributed by atoms with Crippen LogP contribution in [0.25, 0.3) is 0 Å². The topological polar surface area (TPSA) is 24.1 Å². The first kappa shape index (κ1) is 15.8. The smallest absolute Gasteiger partial charge is 0.315 e. The second kappa shape index (κ2) is 8.00. The van der Waals surface area contributed by atoms with E-state index in [9.17, 15) is 13.2 Å². The number of hydrogen-bond donors (Lipinski definition) is 2. The first-order chi connectivity index (χ1) is 8.54. The van der Waals surface area contributed by atoms with E-state index in [0.29, 0.717) is 19.3 Å².